The molecule has 0 aliphatic rings. The fraction of sp³-hybridized carbons (Fsp3) is 0.407. The van der Waals surface area contributed by atoms with E-state index in [4.69, 9.17) is 23.2 Å². The van der Waals surface area contributed by atoms with Crippen molar-refractivity contribution in [2.75, 3.05) is 43.9 Å². The molecule has 0 saturated carbocycles. The first-order chi connectivity index (χ1) is 17.6. The Balaban J connectivity index is 1.48. The molecule has 5 nitrogen and oxygen atoms in total. The van der Waals surface area contributed by atoms with Crippen molar-refractivity contribution in [3.8, 4) is 0 Å². The lowest BCUT2D eigenvalue weighted by molar-refractivity contribution is -0.137. The van der Waals surface area contributed by atoms with E-state index in [2.05, 4.69) is 51.5 Å². The zero-order valence-corrected chi connectivity index (χ0v) is 22.5. The van der Waals surface area contributed by atoms with Gasteiger partial charge in [0.25, 0.3) is 0 Å². The number of alkyl halides is 3. The number of benzene rings is 2. The predicted octanol–water partition coefficient (Wildman–Crippen LogP) is 7.72. The molecule has 3 aromatic rings. The molecule has 0 radical (unpaired) electrons. The molecule has 0 aliphatic carbocycles. The van der Waals surface area contributed by atoms with E-state index in [0.717, 1.165) is 51.4 Å². The summed E-state index contributed by atoms with van der Waals surface area (Å²) in [6.45, 7) is 2.45. The largest absolute Gasteiger partial charge is 0.421 e. The van der Waals surface area contributed by atoms with Crippen molar-refractivity contribution in [2.45, 2.75) is 38.3 Å². The van der Waals surface area contributed by atoms with Gasteiger partial charge in [0.05, 0.1) is 10.0 Å². The summed E-state index contributed by atoms with van der Waals surface area (Å²) in [7, 11) is 3.74. The second-order valence-electron chi connectivity index (χ2n) is 9.06. The molecule has 10 heteroatoms. The average molecular weight is 554 g/mol. The fourth-order valence-corrected chi connectivity index (χ4v) is 4.19. The first-order valence-electron chi connectivity index (χ1n) is 12.2. The quantitative estimate of drug-likeness (QED) is 0.219. The van der Waals surface area contributed by atoms with Crippen molar-refractivity contribution < 1.29 is 13.2 Å². The topological polar surface area (TPSA) is 44.3 Å². The van der Waals surface area contributed by atoms with Gasteiger partial charge in [-0.25, -0.2) is 4.98 Å². The van der Waals surface area contributed by atoms with Gasteiger partial charge in [-0.3, -0.25) is 0 Å². The van der Waals surface area contributed by atoms with Crippen LogP contribution >= 0.6 is 23.2 Å². The molecule has 37 heavy (non-hydrogen) atoms. The summed E-state index contributed by atoms with van der Waals surface area (Å²) >= 11 is 12.0. The standard InChI is InChI=1S/C27H32Cl2F3N5/c1-36(17-14-20-10-6-5-7-11-20)15-8-3-4-9-16-37(2)25-22(27(30,31)32)19-33-26(35-25)34-21-12-13-23(28)24(29)18-21/h5-7,10-13,18-19H,3-4,8-9,14-17H2,1-2H3,(H,33,34,35). The third-order valence-corrected chi connectivity index (χ3v) is 6.76. The van der Waals surface area contributed by atoms with Crippen LogP contribution in [0.4, 0.5) is 30.6 Å². The van der Waals surface area contributed by atoms with E-state index in [1.807, 2.05) is 6.07 Å². The third kappa shape index (κ3) is 9.36. The molecule has 0 saturated heterocycles. The van der Waals surface area contributed by atoms with Gasteiger partial charge in [0, 0.05) is 32.0 Å². The van der Waals surface area contributed by atoms with E-state index in [1.54, 1.807) is 25.2 Å². The summed E-state index contributed by atoms with van der Waals surface area (Å²) in [4.78, 5) is 11.9. The first-order valence-corrected chi connectivity index (χ1v) is 13.0. The van der Waals surface area contributed by atoms with Crippen LogP contribution in [0.1, 0.15) is 36.8 Å². The molecular weight excluding hydrogens is 522 g/mol. The number of hydrogen-bond acceptors (Lipinski definition) is 5. The average Bonchev–Trinajstić information content (AvgIpc) is 2.87. The van der Waals surface area contributed by atoms with Gasteiger partial charge in [-0.15, -0.1) is 0 Å². The van der Waals surface area contributed by atoms with Gasteiger partial charge in [0.2, 0.25) is 5.95 Å². The second-order valence-corrected chi connectivity index (χ2v) is 9.87. The second kappa shape index (κ2) is 13.8. The van der Waals surface area contributed by atoms with Crippen LogP contribution in [0.5, 0.6) is 0 Å². The smallest absolute Gasteiger partial charge is 0.359 e. The Morgan fingerprint density at radius 2 is 1.57 bits per heavy atom. The highest BCUT2D eigenvalue weighted by molar-refractivity contribution is 6.42. The van der Waals surface area contributed by atoms with Gasteiger partial charge in [0.15, 0.2) is 0 Å². The Kier molecular flexibility index (Phi) is 10.9. The van der Waals surface area contributed by atoms with Crippen molar-refractivity contribution in [1.82, 2.24) is 14.9 Å². The molecule has 0 fully saturated rings. The fourth-order valence-electron chi connectivity index (χ4n) is 3.89. The normalized spacial score (nSPS) is 11.7. The van der Waals surface area contributed by atoms with Crippen molar-refractivity contribution in [1.29, 1.82) is 0 Å². The predicted molar refractivity (Wildman–Crippen MR) is 146 cm³/mol. The SMILES string of the molecule is CN(CCCCCCN(C)c1nc(Nc2ccc(Cl)c(Cl)c2)ncc1C(F)(F)F)CCc1ccccc1. The minimum absolute atomic E-state index is 0.0479. The highest BCUT2D eigenvalue weighted by Gasteiger charge is 2.36. The monoisotopic (exact) mass is 553 g/mol. The molecule has 0 unspecified atom stereocenters. The van der Waals surface area contributed by atoms with Crippen LogP contribution in [-0.4, -0.2) is 48.6 Å². The Morgan fingerprint density at radius 1 is 0.865 bits per heavy atom. The van der Waals surface area contributed by atoms with E-state index in [1.165, 1.54) is 10.5 Å². The van der Waals surface area contributed by atoms with Crippen LogP contribution in [0.2, 0.25) is 10.0 Å². The number of hydrogen-bond donors (Lipinski definition) is 1. The summed E-state index contributed by atoms with van der Waals surface area (Å²) in [6.07, 6.45) is 1.03. The van der Waals surface area contributed by atoms with Crippen molar-refractivity contribution in [2.24, 2.45) is 0 Å². The molecule has 1 aromatic heterocycles. The minimum atomic E-state index is -4.56. The van der Waals surface area contributed by atoms with E-state index >= 15 is 0 Å². The number of halogens is 5. The molecular formula is C27H32Cl2F3N5. The lowest BCUT2D eigenvalue weighted by Gasteiger charge is -2.23. The van der Waals surface area contributed by atoms with E-state index in [9.17, 15) is 13.2 Å². The lowest BCUT2D eigenvalue weighted by Crippen LogP contribution is -2.25. The van der Waals surface area contributed by atoms with Crippen LogP contribution in [-0.2, 0) is 12.6 Å². The summed E-state index contributed by atoms with van der Waals surface area (Å²) in [5, 5.41) is 3.59. The van der Waals surface area contributed by atoms with Crippen LogP contribution in [0.3, 0.4) is 0 Å². The molecule has 2 aromatic carbocycles. The molecule has 0 spiro atoms. The minimum Gasteiger partial charge on any atom is -0.359 e. The van der Waals surface area contributed by atoms with Gasteiger partial charge in [-0.1, -0.05) is 66.4 Å². The van der Waals surface area contributed by atoms with Gasteiger partial charge in [-0.2, -0.15) is 18.2 Å². The maximum Gasteiger partial charge on any atom is 0.421 e. The third-order valence-electron chi connectivity index (χ3n) is 6.02. The van der Waals surface area contributed by atoms with Crippen LogP contribution in [0.15, 0.2) is 54.7 Å². The maximum atomic E-state index is 13.6. The van der Waals surface area contributed by atoms with Crippen LogP contribution in [0.25, 0.3) is 0 Å². The summed E-state index contributed by atoms with van der Waals surface area (Å²) < 4.78 is 40.9. The van der Waals surface area contributed by atoms with E-state index in [-0.39, 0.29) is 11.8 Å². The van der Waals surface area contributed by atoms with Gasteiger partial charge in [0.1, 0.15) is 11.4 Å². The highest BCUT2D eigenvalue weighted by Crippen LogP contribution is 2.36. The molecule has 0 atom stereocenters. The summed E-state index contributed by atoms with van der Waals surface area (Å²) in [6, 6.07) is 15.2. The molecule has 1 N–H and O–H groups in total. The van der Waals surface area contributed by atoms with Crippen LogP contribution in [0, 0.1) is 0 Å². The molecule has 0 bridgehead atoms. The lowest BCUT2D eigenvalue weighted by atomic mass is 10.1. The summed E-state index contributed by atoms with van der Waals surface area (Å²) in [5.41, 5.74) is 0.988. The number of rotatable bonds is 13. The van der Waals surface area contributed by atoms with Gasteiger partial charge >= 0.3 is 6.18 Å². The molecule has 0 aliphatic heterocycles. The number of nitrogens with zero attached hydrogens (tertiary/aromatic N) is 4. The van der Waals surface area contributed by atoms with E-state index in [0.29, 0.717) is 22.3 Å². The van der Waals surface area contributed by atoms with Gasteiger partial charge < -0.3 is 15.1 Å². The number of anilines is 3. The zero-order valence-electron chi connectivity index (χ0n) is 21.0. The zero-order chi connectivity index (χ0) is 26.8. The Labute approximate surface area is 226 Å². The van der Waals surface area contributed by atoms with Crippen molar-refractivity contribution >= 4 is 40.7 Å². The number of nitrogens with one attached hydrogen (secondary N) is 1. The number of likely N-dealkylation sites (N-methyl/N-ethyl adjacent to an activating group) is 1. The highest BCUT2D eigenvalue weighted by atomic mass is 35.5. The Hall–Kier alpha value is -2.55. The number of unbranched alkanes of at least 4 members (excludes halogenated alkanes) is 3. The number of aromatic nitrogens is 2. The van der Waals surface area contributed by atoms with Crippen molar-refractivity contribution in [3.05, 3.63) is 75.9 Å². The maximum absolute atomic E-state index is 13.6. The van der Waals surface area contributed by atoms with Gasteiger partial charge in [-0.05, 0) is 56.6 Å². The Morgan fingerprint density at radius 3 is 2.24 bits per heavy atom. The first kappa shape index (κ1) is 29.0. The molecule has 1 heterocycles. The van der Waals surface area contributed by atoms with Crippen molar-refractivity contribution in [3.63, 3.8) is 0 Å². The van der Waals surface area contributed by atoms with Crippen LogP contribution < -0.4 is 10.2 Å². The molecule has 3 rings (SSSR count). The Bertz CT molecular complexity index is 1130. The summed E-state index contributed by atoms with van der Waals surface area (Å²) in [5.74, 6) is -0.113. The molecule has 200 valence electrons. The van der Waals surface area contributed by atoms with E-state index < -0.39 is 11.7 Å². The molecule has 0 amide bonds.